The third-order valence-corrected chi connectivity index (χ3v) is 3.45. The monoisotopic (exact) mass is 271 g/mol. The van der Waals surface area contributed by atoms with Gasteiger partial charge in [0.05, 0.1) is 13.7 Å². The molecular formula is C16H33NO2. The predicted molar refractivity (Wildman–Crippen MR) is 81.4 cm³/mol. The maximum absolute atomic E-state index is 11.3. The van der Waals surface area contributed by atoms with Crippen molar-refractivity contribution in [3.63, 3.8) is 0 Å². The van der Waals surface area contributed by atoms with E-state index in [0.29, 0.717) is 6.54 Å². The van der Waals surface area contributed by atoms with Crippen LogP contribution in [0.2, 0.25) is 0 Å². The van der Waals surface area contributed by atoms with Crippen molar-refractivity contribution in [3.8, 4) is 0 Å². The van der Waals surface area contributed by atoms with Crippen molar-refractivity contribution in [1.82, 2.24) is 4.90 Å². The number of hydrogen-bond donors (Lipinski definition) is 0. The molecule has 0 aromatic heterocycles. The van der Waals surface area contributed by atoms with Gasteiger partial charge in [0.15, 0.2) is 0 Å². The maximum atomic E-state index is 11.3. The van der Waals surface area contributed by atoms with E-state index >= 15 is 0 Å². The van der Waals surface area contributed by atoms with Crippen LogP contribution in [-0.2, 0) is 9.53 Å². The highest BCUT2D eigenvalue weighted by Crippen LogP contribution is 2.09. The second-order valence-corrected chi connectivity index (χ2v) is 5.33. The van der Waals surface area contributed by atoms with Crippen molar-refractivity contribution in [1.29, 1.82) is 0 Å². The Balaban J connectivity index is 3.50. The fourth-order valence-electron chi connectivity index (χ4n) is 2.30. The maximum Gasteiger partial charge on any atom is 0.319 e. The summed E-state index contributed by atoms with van der Waals surface area (Å²) in [5.41, 5.74) is 0. The third-order valence-electron chi connectivity index (χ3n) is 3.45. The SMILES string of the molecule is CCCCCCCCCCN(CCC)CC(=O)OC. The van der Waals surface area contributed by atoms with E-state index in [1.807, 2.05) is 0 Å². The molecule has 0 fully saturated rings. The largest absolute Gasteiger partial charge is 0.468 e. The van der Waals surface area contributed by atoms with Gasteiger partial charge in [0, 0.05) is 0 Å². The van der Waals surface area contributed by atoms with Crippen LogP contribution >= 0.6 is 0 Å². The number of esters is 1. The Kier molecular flexibility index (Phi) is 13.4. The molecule has 0 saturated carbocycles. The summed E-state index contributed by atoms with van der Waals surface area (Å²) in [6.45, 7) is 6.87. The van der Waals surface area contributed by atoms with Crippen molar-refractivity contribution < 1.29 is 9.53 Å². The molecule has 0 N–H and O–H groups in total. The van der Waals surface area contributed by atoms with E-state index in [0.717, 1.165) is 19.5 Å². The van der Waals surface area contributed by atoms with Gasteiger partial charge in [0.1, 0.15) is 0 Å². The van der Waals surface area contributed by atoms with Crippen LogP contribution in [0.3, 0.4) is 0 Å². The first kappa shape index (κ1) is 18.4. The topological polar surface area (TPSA) is 29.5 Å². The van der Waals surface area contributed by atoms with Crippen LogP contribution in [-0.4, -0.2) is 37.6 Å². The molecule has 0 rings (SSSR count). The van der Waals surface area contributed by atoms with E-state index in [1.165, 1.54) is 58.5 Å². The molecule has 0 aromatic rings. The van der Waals surface area contributed by atoms with E-state index in [2.05, 4.69) is 18.7 Å². The molecule has 0 aromatic carbocycles. The molecule has 0 atom stereocenters. The molecule has 0 aliphatic rings. The average Bonchev–Trinajstić information content (AvgIpc) is 2.41. The fraction of sp³-hybridized carbons (Fsp3) is 0.938. The highest BCUT2D eigenvalue weighted by atomic mass is 16.5. The summed E-state index contributed by atoms with van der Waals surface area (Å²) >= 11 is 0. The van der Waals surface area contributed by atoms with Gasteiger partial charge in [-0.1, -0.05) is 58.8 Å². The summed E-state index contributed by atoms with van der Waals surface area (Å²) in [5, 5.41) is 0. The van der Waals surface area contributed by atoms with Crippen molar-refractivity contribution in [2.45, 2.75) is 71.6 Å². The molecule has 0 saturated heterocycles. The molecule has 0 spiro atoms. The van der Waals surface area contributed by atoms with Gasteiger partial charge in [0.25, 0.3) is 0 Å². The van der Waals surface area contributed by atoms with E-state index in [-0.39, 0.29) is 5.97 Å². The van der Waals surface area contributed by atoms with E-state index in [9.17, 15) is 4.79 Å². The Bertz CT molecular complexity index is 207. The van der Waals surface area contributed by atoms with Crippen molar-refractivity contribution in [2.24, 2.45) is 0 Å². The Labute approximate surface area is 119 Å². The molecule has 0 heterocycles. The van der Waals surface area contributed by atoms with Gasteiger partial charge in [-0.3, -0.25) is 9.69 Å². The van der Waals surface area contributed by atoms with E-state index < -0.39 is 0 Å². The van der Waals surface area contributed by atoms with Gasteiger partial charge in [0.2, 0.25) is 0 Å². The third kappa shape index (κ3) is 12.2. The molecule has 0 aliphatic heterocycles. The molecule has 0 amide bonds. The second-order valence-electron chi connectivity index (χ2n) is 5.33. The molecule has 3 nitrogen and oxygen atoms in total. The summed E-state index contributed by atoms with van der Waals surface area (Å²) in [6.07, 6.45) is 11.7. The fourth-order valence-corrected chi connectivity index (χ4v) is 2.30. The number of carbonyl (C=O) groups excluding carboxylic acids is 1. The minimum absolute atomic E-state index is 0.118. The number of methoxy groups -OCH3 is 1. The normalized spacial score (nSPS) is 10.9. The van der Waals surface area contributed by atoms with Gasteiger partial charge in [-0.2, -0.15) is 0 Å². The van der Waals surface area contributed by atoms with Crippen LogP contribution in [0.1, 0.15) is 71.6 Å². The Morgan fingerprint density at radius 2 is 1.42 bits per heavy atom. The number of nitrogens with zero attached hydrogens (tertiary/aromatic N) is 1. The quantitative estimate of drug-likeness (QED) is 0.374. The molecule has 114 valence electrons. The molecule has 0 aliphatic carbocycles. The molecule has 0 bridgehead atoms. The lowest BCUT2D eigenvalue weighted by atomic mass is 10.1. The van der Waals surface area contributed by atoms with Crippen LogP contribution in [0, 0.1) is 0 Å². The summed E-state index contributed by atoms with van der Waals surface area (Å²) in [5.74, 6) is -0.118. The second kappa shape index (κ2) is 13.9. The lowest BCUT2D eigenvalue weighted by Gasteiger charge is -2.19. The highest BCUT2D eigenvalue weighted by molar-refractivity contribution is 5.71. The minimum atomic E-state index is -0.118. The highest BCUT2D eigenvalue weighted by Gasteiger charge is 2.09. The summed E-state index contributed by atoms with van der Waals surface area (Å²) in [6, 6.07) is 0. The lowest BCUT2D eigenvalue weighted by molar-refractivity contribution is -0.141. The zero-order valence-corrected chi connectivity index (χ0v) is 13.2. The number of ether oxygens (including phenoxy) is 1. The average molecular weight is 271 g/mol. The van der Waals surface area contributed by atoms with Gasteiger partial charge < -0.3 is 4.74 Å². The van der Waals surface area contributed by atoms with Crippen LogP contribution < -0.4 is 0 Å². The number of hydrogen-bond acceptors (Lipinski definition) is 3. The summed E-state index contributed by atoms with van der Waals surface area (Å²) in [7, 11) is 1.46. The molecule has 0 radical (unpaired) electrons. The van der Waals surface area contributed by atoms with Gasteiger partial charge in [-0.05, 0) is 25.9 Å². The summed E-state index contributed by atoms with van der Waals surface area (Å²) in [4.78, 5) is 13.5. The Hall–Kier alpha value is -0.570. The standard InChI is InChI=1S/C16H33NO2/c1-4-6-7-8-9-10-11-12-14-17(13-5-2)15-16(18)19-3/h4-15H2,1-3H3. The molecule has 3 heteroatoms. The van der Waals surface area contributed by atoms with Crippen molar-refractivity contribution >= 4 is 5.97 Å². The van der Waals surface area contributed by atoms with Crippen LogP contribution in [0.4, 0.5) is 0 Å². The van der Waals surface area contributed by atoms with E-state index in [4.69, 9.17) is 4.74 Å². The molecule has 0 unspecified atom stereocenters. The first-order valence-electron chi connectivity index (χ1n) is 8.03. The van der Waals surface area contributed by atoms with Gasteiger partial charge in [-0.25, -0.2) is 0 Å². The van der Waals surface area contributed by atoms with Crippen LogP contribution in [0.25, 0.3) is 0 Å². The number of carbonyl (C=O) groups is 1. The first-order chi connectivity index (χ1) is 9.24. The Morgan fingerprint density at radius 3 is 1.95 bits per heavy atom. The lowest BCUT2D eigenvalue weighted by Crippen LogP contribution is -2.32. The van der Waals surface area contributed by atoms with Crippen LogP contribution in [0.5, 0.6) is 0 Å². The molecular weight excluding hydrogens is 238 g/mol. The van der Waals surface area contributed by atoms with Crippen molar-refractivity contribution in [3.05, 3.63) is 0 Å². The number of unbranched alkanes of at least 4 members (excludes halogenated alkanes) is 7. The zero-order valence-electron chi connectivity index (χ0n) is 13.2. The number of rotatable bonds is 13. The predicted octanol–water partition coefficient (Wildman–Crippen LogP) is 4.01. The van der Waals surface area contributed by atoms with E-state index in [1.54, 1.807) is 0 Å². The van der Waals surface area contributed by atoms with Gasteiger partial charge in [-0.15, -0.1) is 0 Å². The summed E-state index contributed by atoms with van der Waals surface area (Å²) < 4.78 is 4.73. The van der Waals surface area contributed by atoms with Crippen LogP contribution in [0.15, 0.2) is 0 Å². The Morgan fingerprint density at radius 1 is 0.842 bits per heavy atom. The minimum Gasteiger partial charge on any atom is -0.468 e. The smallest absolute Gasteiger partial charge is 0.319 e. The first-order valence-corrected chi connectivity index (χ1v) is 8.03. The molecule has 19 heavy (non-hydrogen) atoms. The van der Waals surface area contributed by atoms with Crippen molar-refractivity contribution in [2.75, 3.05) is 26.7 Å². The zero-order chi connectivity index (χ0) is 14.3. The van der Waals surface area contributed by atoms with Gasteiger partial charge >= 0.3 is 5.97 Å².